The standard InChI is InChI=1S/C12H13NO3S/c1-2-5-9(14)8-11-10-6-3-4-7-12(10)17(15,16)13-11/h3-4,6-7H,2,5,8H2,1H3. The first kappa shape index (κ1) is 12.0. The van der Waals surface area contributed by atoms with E-state index in [9.17, 15) is 13.2 Å². The number of benzene rings is 1. The largest absolute Gasteiger partial charge is 0.299 e. The highest BCUT2D eigenvalue weighted by molar-refractivity contribution is 7.90. The lowest BCUT2D eigenvalue weighted by Gasteiger charge is -2.00. The predicted octanol–water partition coefficient (Wildman–Crippen LogP) is 1.94. The van der Waals surface area contributed by atoms with Crippen molar-refractivity contribution in [2.45, 2.75) is 31.1 Å². The molecular weight excluding hydrogens is 238 g/mol. The average Bonchev–Trinajstić information content (AvgIpc) is 2.52. The predicted molar refractivity (Wildman–Crippen MR) is 64.7 cm³/mol. The molecule has 0 atom stereocenters. The van der Waals surface area contributed by atoms with Gasteiger partial charge in [-0.05, 0) is 12.5 Å². The van der Waals surface area contributed by atoms with Crippen LogP contribution < -0.4 is 0 Å². The van der Waals surface area contributed by atoms with Crippen LogP contribution in [0.25, 0.3) is 0 Å². The maximum Gasteiger partial charge on any atom is 0.283 e. The molecule has 2 rings (SSSR count). The third kappa shape index (κ3) is 2.29. The Kier molecular flexibility index (Phi) is 3.11. The summed E-state index contributed by atoms with van der Waals surface area (Å²) in [4.78, 5) is 11.8. The molecule has 0 saturated heterocycles. The molecule has 90 valence electrons. The van der Waals surface area contributed by atoms with Crippen LogP contribution in [0, 0.1) is 0 Å². The van der Waals surface area contributed by atoms with E-state index in [2.05, 4.69) is 4.40 Å². The van der Waals surface area contributed by atoms with Crippen LogP contribution in [-0.4, -0.2) is 19.9 Å². The Labute approximate surface area is 100 Å². The van der Waals surface area contributed by atoms with Gasteiger partial charge in [0.15, 0.2) is 0 Å². The number of nitrogens with zero attached hydrogens (tertiary/aromatic N) is 1. The quantitative estimate of drug-likeness (QED) is 0.821. The summed E-state index contributed by atoms with van der Waals surface area (Å²) in [5, 5.41) is 0. The number of hydrogen-bond donors (Lipinski definition) is 0. The Morgan fingerprint density at radius 1 is 1.29 bits per heavy atom. The monoisotopic (exact) mass is 251 g/mol. The van der Waals surface area contributed by atoms with E-state index in [0.717, 1.165) is 6.42 Å². The summed E-state index contributed by atoms with van der Waals surface area (Å²) in [6.07, 6.45) is 1.33. The van der Waals surface area contributed by atoms with Gasteiger partial charge in [0.1, 0.15) is 5.78 Å². The average molecular weight is 251 g/mol. The third-order valence-electron chi connectivity index (χ3n) is 2.60. The molecule has 1 aliphatic rings. The molecule has 0 unspecified atom stereocenters. The zero-order valence-corrected chi connectivity index (χ0v) is 10.3. The van der Waals surface area contributed by atoms with Gasteiger partial charge in [0.2, 0.25) is 0 Å². The Hall–Kier alpha value is -1.49. The number of carbonyl (C=O) groups excluding carboxylic acids is 1. The smallest absolute Gasteiger partial charge is 0.283 e. The molecule has 4 nitrogen and oxygen atoms in total. The summed E-state index contributed by atoms with van der Waals surface area (Å²) < 4.78 is 27.1. The van der Waals surface area contributed by atoms with Gasteiger partial charge in [-0.3, -0.25) is 4.79 Å². The molecule has 0 aromatic heterocycles. The summed E-state index contributed by atoms with van der Waals surface area (Å²) in [5.41, 5.74) is 0.941. The van der Waals surface area contributed by atoms with Crippen molar-refractivity contribution in [3.63, 3.8) is 0 Å². The van der Waals surface area contributed by atoms with E-state index in [0.29, 0.717) is 17.7 Å². The van der Waals surface area contributed by atoms with Crippen molar-refractivity contribution < 1.29 is 13.2 Å². The van der Waals surface area contributed by atoms with Gasteiger partial charge in [-0.1, -0.05) is 25.1 Å². The third-order valence-corrected chi connectivity index (χ3v) is 3.97. The number of fused-ring (bicyclic) bond motifs is 1. The molecule has 1 heterocycles. The number of ketones is 1. The van der Waals surface area contributed by atoms with Crippen LogP contribution in [0.4, 0.5) is 0 Å². The number of Topliss-reactive ketones (excluding diaryl/α,β-unsaturated/α-hetero) is 1. The molecule has 0 radical (unpaired) electrons. The molecule has 1 aromatic carbocycles. The fourth-order valence-electron chi connectivity index (χ4n) is 1.85. The minimum absolute atomic E-state index is 0.0261. The van der Waals surface area contributed by atoms with E-state index in [1.807, 2.05) is 6.92 Å². The molecule has 5 heteroatoms. The van der Waals surface area contributed by atoms with Crippen molar-refractivity contribution in [2.75, 3.05) is 0 Å². The Bertz CT molecular complexity index is 588. The zero-order valence-electron chi connectivity index (χ0n) is 9.51. The van der Waals surface area contributed by atoms with Crippen LogP contribution in [0.5, 0.6) is 0 Å². The minimum Gasteiger partial charge on any atom is -0.299 e. The second kappa shape index (κ2) is 4.41. The Morgan fingerprint density at radius 3 is 2.71 bits per heavy atom. The van der Waals surface area contributed by atoms with E-state index in [1.165, 1.54) is 6.07 Å². The second-order valence-corrected chi connectivity index (χ2v) is 5.55. The van der Waals surface area contributed by atoms with Crippen LogP contribution in [0.3, 0.4) is 0 Å². The number of sulfonamides is 1. The van der Waals surface area contributed by atoms with Gasteiger partial charge >= 0.3 is 0 Å². The van der Waals surface area contributed by atoms with Crippen molar-refractivity contribution in [3.05, 3.63) is 29.8 Å². The highest BCUT2D eigenvalue weighted by Crippen LogP contribution is 2.27. The molecule has 0 amide bonds. The van der Waals surface area contributed by atoms with Gasteiger partial charge in [0.25, 0.3) is 10.0 Å². The highest BCUT2D eigenvalue weighted by atomic mass is 32.2. The number of rotatable bonds is 4. The van der Waals surface area contributed by atoms with Gasteiger partial charge < -0.3 is 0 Å². The lowest BCUT2D eigenvalue weighted by Crippen LogP contribution is -2.07. The fourth-order valence-corrected chi connectivity index (χ4v) is 3.12. The van der Waals surface area contributed by atoms with Crippen LogP contribution in [0.15, 0.2) is 33.6 Å². The topological polar surface area (TPSA) is 63.6 Å². The van der Waals surface area contributed by atoms with Crippen molar-refractivity contribution in [3.8, 4) is 0 Å². The molecule has 0 N–H and O–H groups in total. The first-order valence-corrected chi connectivity index (χ1v) is 6.93. The molecule has 17 heavy (non-hydrogen) atoms. The van der Waals surface area contributed by atoms with E-state index in [4.69, 9.17) is 0 Å². The fraction of sp³-hybridized carbons (Fsp3) is 0.333. The van der Waals surface area contributed by atoms with E-state index < -0.39 is 10.0 Å². The van der Waals surface area contributed by atoms with Crippen molar-refractivity contribution in [2.24, 2.45) is 4.40 Å². The Balaban J connectivity index is 2.35. The normalized spacial score (nSPS) is 16.4. The molecular formula is C12H13NO3S. The molecule has 0 spiro atoms. The van der Waals surface area contributed by atoms with Gasteiger partial charge in [-0.25, -0.2) is 0 Å². The maximum atomic E-state index is 11.7. The zero-order chi connectivity index (χ0) is 12.5. The lowest BCUT2D eigenvalue weighted by atomic mass is 10.0. The maximum absolute atomic E-state index is 11.7. The van der Waals surface area contributed by atoms with Crippen LogP contribution in [-0.2, 0) is 14.8 Å². The molecule has 1 aliphatic heterocycles. The molecule has 0 fully saturated rings. The van der Waals surface area contributed by atoms with Gasteiger partial charge in [-0.15, -0.1) is 0 Å². The van der Waals surface area contributed by atoms with Crippen molar-refractivity contribution in [1.29, 1.82) is 0 Å². The summed E-state index contributed by atoms with van der Waals surface area (Å²) in [6.45, 7) is 1.92. The molecule has 0 bridgehead atoms. The molecule has 0 saturated carbocycles. The summed E-state index contributed by atoms with van der Waals surface area (Å²) >= 11 is 0. The Morgan fingerprint density at radius 2 is 2.00 bits per heavy atom. The summed E-state index contributed by atoms with van der Waals surface area (Å²) in [7, 11) is -3.58. The SMILES string of the molecule is CCCC(=O)CC1=NS(=O)(=O)c2ccccc21. The first-order chi connectivity index (χ1) is 8.04. The van der Waals surface area contributed by atoms with Crippen molar-refractivity contribution >= 4 is 21.5 Å². The number of hydrogen-bond acceptors (Lipinski definition) is 3. The van der Waals surface area contributed by atoms with Gasteiger partial charge in [-0.2, -0.15) is 12.8 Å². The lowest BCUT2D eigenvalue weighted by molar-refractivity contribution is -0.117. The first-order valence-electron chi connectivity index (χ1n) is 5.49. The molecule has 1 aromatic rings. The van der Waals surface area contributed by atoms with Crippen LogP contribution in [0.1, 0.15) is 31.7 Å². The molecule has 0 aliphatic carbocycles. The van der Waals surface area contributed by atoms with E-state index in [-0.39, 0.29) is 17.1 Å². The van der Waals surface area contributed by atoms with Gasteiger partial charge in [0.05, 0.1) is 17.0 Å². The van der Waals surface area contributed by atoms with E-state index in [1.54, 1.807) is 18.2 Å². The van der Waals surface area contributed by atoms with E-state index >= 15 is 0 Å². The minimum atomic E-state index is -3.58. The summed E-state index contributed by atoms with van der Waals surface area (Å²) in [5.74, 6) is 0.0261. The van der Waals surface area contributed by atoms with Gasteiger partial charge in [0, 0.05) is 12.0 Å². The number of carbonyl (C=O) groups is 1. The second-order valence-electron chi connectivity index (χ2n) is 3.97. The van der Waals surface area contributed by atoms with Crippen LogP contribution >= 0.6 is 0 Å². The van der Waals surface area contributed by atoms with Crippen LogP contribution in [0.2, 0.25) is 0 Å². The highest BCUT2D eigenvalue weighted by Gasteiger charge is 2.28. The van der Waals surface area contributed by atoms with Crippen molar-refractivity contribution in [1.82, 2.24) is 0 Å². The summed E-state index contributed by atoms with van der Waals surface area (Å²) in [6, 6.07) is 6.62.